The van der Waals surface area contributed by atoms with Gasteiger partial charge in [-0.15, -0.1) is 0 Å². The summed E-state index contributed by atoms with van der Waals surface area (Å²) in [6, 6.07) is 16.4. The molecule has 0 amide bonds. The number of aromatic nitrogens is 1. The van der Waals surface area contributed by atoms with Gasteiger partial charge in [-0.05, 0) is 37.6 Å². The van der Waals surface area contributed by atoms with E-state index in [4.69, 9.17) is 0 Å². The minimum absolute atomic E-state index is 0.978. The topological polar surface area (TPSA) is 16.1 Å². The summed E-state index contributed by atoms with van der Waals surface area (Å²) in [4.78, 5) is 6.81. The molecule has 0 saturated carbocycles. The van der Waals surface area contributed by atoms with Crippen LogP contribution in [0.3, 0.4) is 0 Å². The lowest BCUT2D eigenvalue weighted by Crippen LogP contribution is -2.21. The van der Waals surface area contributed by atoms with E-state index in [1.165, 1.54) is 11.3 Å². The lowest BCUT2D eigenvalue weighted by atomic mass is 10.1. The van der Waals surface area contributed by atoms with Crippen molar-refractivity contribution < 1.29 is 0 Å². The fraction of sp³-hybridized carbons (Fsp3) is 0.235. The maximum absolute atomic E-state index is 4.48. The summed E-state index contributed by atoms with van der Waals surface area (Å²) in [6.07, 6.45) is 4.05. The highest BCUT2D eigenvalue weighted by atomic mass is 15.1. The fourth-order valence-electron chi connectivity index (χ4n) is 2.11. The van der Waals surface area contributed by atoms with E-state index >= 15 is 0 Å². The number of benzene rings is 1. The Morgan fingerprint density at radius 1 is 1.00 bits per heavy atom. The third-order valence-electron chi connectivity index (χ3n) is 3.13. The molecule has 0 atom stereocenters. The Labute approximate surface area is 115 Å². The van der Waals surface area contributed by atoms with Gasteiger partial charge in [0.25, 0.3) is 0 Å². The second-order valence-electron chi connectivity index (χ2n) is 4.33. The van der Waals surface area contributed by atoms with Crippen LogP contribution in [-0.2, 0) is 0 Å². The summed E-state index contributed by atoms with van der Waals surface area (Å²) in [6.45, 7) is 6.30. The maximum atomic E-state index is 4.48. The Morgan fingerprint density at radius 3 is 2.26 bits per heavy atom. The molecule has 2 heteroatoms. The van der Waals surface area contributed by atoms with Crippen LogP contribution in [0.5, 0.6) is 0 Å². The zero-order valence-electron chi connectivity index (χ0n) is 11.6. The van der Waals surface area contributed by atoms with Crippen molar-refractivity contribution in [3.05, 3.63) is 66.0 Å². The molecule has 0 unspecified atom stereocenters. The molecule has 19 heavy (non-hydrogen) atoms. The Balaban J connectivity index is 2.43. The van der Waals surface area contributed by atoms with Crippen LogP contribution in [0.25, 0.3) is 11.8 Å². The van der Waals surface area contributed by atoms with Crippen molar-refractivity contribution in [2.75, 3.05) is 13.1 Å². The van der Waals surface area contributed by atoms with Gasteiger partial charge < -0.3 is 4.90 Å². The van der Waals surface area contributed by atoms with Gasteiger partial charge in [-0.1, -0.05) is 36.4 Å². The number of hydrogen-bond acceptors (Lipinski definition) is 2. The average molecular weight is 252 g/mol. The van der Waals surface area contributed by atoms with Crippen LogP contribution in [0.2, 0.25) is 0 Å². The first kappa shape index (κ1) is 13.3. The Bertz CT molecular complexity index is 513. The van der Waals surface area contributed by atoms with Crippen LogP contribution in [-0.4, -0.2) is 23.0 Å². The lowest BCUT2D eigenvalue weighted by Gasteiger charge is -2.24. The predicted octanol–water partition coefficient (Wildman–Crippen LogP) is 3.92. The van der Waals surface area contributed by atoms with E-state index in [-0.39, 0.29) is 0 Å². The highest BCUT2D eigenvalue weighted by Gasteiger charge is 2.09. The summed E-state index contributed by atoms with van der Waals surface area (Å²) in [7, 11) is 0. The molecule has 0 spiro atoms. The molecule has 1 heterocycles. The second-order valence-corrected chi connectivity index (χ2v) is 4.33. The highest BCUT2D eigenvalue weighted by molar-refractivity contribution is 5.78. The summed E-state index contributed by atoms with van der Waals surface area (Å²) >= 11 is 0. The van der Waals surface area contributed by atoms with Crippen molar-refractivity contribution in [3.8, 4) is 0 Å². The SMILES string of the molecule is CCN(CC)C(=Cc1ccccc1)c1ccccn1. The Hall–Kier alpha value is -2.09. The molecule has 0 saturated heterocycles. The molecule has 98 valence electrons. The predicted molar refractivity (Wildman–Crippen MR) is 81.5 cm³/mol. The molecule has 0 aliphatic carbocycles. The molecule has 1 aromatic carbocycles. The summed E-state index contributed by atoms with van der Waals surface area (Å²) in [5.41, 5.74) is 3.40. The van der Waals surface area contributed by atoms with E-state index in [0.29, 0.717) is 0 Å². The van der Waals surface area contributed by atoms with Gasteiger partial charge in [-0.2, -0.15) is 0 Å². The van der Waals surface area contributed by atoms with Crippen molar-refractivity contribution >= 4 is 11.8 Å². The molecular formula is C17H20N2. The molecule has 0 radical (unpaired) electrons. The van der Waals surface area contributed by atoms with Gasteiger partial charge in [0.15, 0.2) is 0 Å². The minimum atomic E-state index is 0.978. The van der Waals surface area contributed by atoms with Crippen LogP contribution in [0.15, 0.2) is 54.7 Å². The van der Waals surface area contributed by atoms with E-state index in [1.54, 1.807) is 0 Å². The first-order chi connectivity index (χ1) is 9.35. The summed E-state index contributed by atoms with van der Waals surface area (Å²) in [5, 5.41) is 0. The van der Waals surface area contributed by atoms with Crippen LogP contribution < -0.4 is 0 Å². The van der Waals surface area contributed by atoms with E-state index in [9.17, 15) is 0 Å². The van der Waals surface area contributed by atoms with Crippen LogP contribution >= 0.6 is 0 Å². The summed E-state index contributed by atoms with van der Waals surface area (Å²) in [5.74, 6) is 0. The molecule has 2 nitrogen and oxygen atoms in total. The van der Waals surface area contributed by atoms with Gasteiger partial charge in [0.05, 0.1) is 11.4 Å². The molecule has 0 fully saturated rings. The second kappa shape index (κ2) is 6.74. The van der Waals surface area contributed by atoms with Crippen molar-refractivity contribution in [3.63, 3.8) is 0 Å². The third-order valence-corrected chi connectivity index (χ3v) is 3.13. The van der Waals surface area contributed by atoms with E-state index in [2.05, 4.69) is 60.1 Å². The first-order valence-corrected chi connectivity index (χ1v) is 6.78. The van der Waals surface area contributed by atoms with E-state index in [1.807, 2.05) is 24.4 Å². The van der Waals surface area contributed by atoms with Gasteiger partial charge in [-0.25, -0.2) is 0 Å². The van der Waals surface area contributed by atoms with Crippen molar-refractivity contribution in [2.45, 2.75) is 13.8 Å². The molecule has 0 N–H and O–H groups in total. The van der Waals surface area contributed by atoms with Crippen LogP contribution in [0, 0.1) is 0 Å². The molecular weight excluding hydrogens is 232 g/mol. The zero-order chi connectivity index (χ0) is 13.5. The zero-order valence-corrected chi connectivity index (χ0v) is 11.6. The Kier molecular flexibility index (Phi) is 4.73. The molecule has 0 aliphatic rings. The highest BCUT2D eigenvalue weighted by Crippen LogP contribution is 2.20. The molecule has 1 aromatic heterocycles. The van der Waals surface area contributed by atoms with E-state index < -0.39 is 0 Å². The van der Waals surface area contributed by atoms with Gasteiger partial charge >= 0.3 is 0 Å². The van der Waals surface area contributed by atoms with Gasteiger partial charge in [0.1, 0.15) is 0 Å². The quantitative estimate of drug-likeness (QED) is 0.801. The largest absolute Gasteiger partial charge is 0.370 e. The Morgan fingerprint density at radius 2 is 1.68 bits per heavy atom. The molecule has 0 bridgehead atoms. The van der Waals surface area contributed by atoms with Gasteiger partial charge in [0.2, 0.25) is 0 Å². The van der Waals surface area contributed by atoms with Crippen molar-refractivity contribution in [2.24, 2.45) is 0 Å². The lowest BCUT2D eigenvalue weighted by molar-refractivity contribution is 0.442. The monoisotopic (exact) mass is 252 g/mol. The molecule has 2 aromatic rings. The van der Waals surface area contributed by atoms with Gasteiger partial charge in [-0.3, -0.25) is 4.98 Å². The van der Waals surface area contributed by atoms with Gasteiger partial charge in [0, 0.05) is 19.3 Å². The minimum Gasteiger partial charge on any atom is -0.370 e. The first-order valence-electron chi connectivity index (χ1n) is 6.78. The van der Waals surface area contributed by atoms with Crippen LogP contribution in [0.4, 0.5) is 0 Å². The summed E-state index contributed by atoms with van der Waals surface area (Å²) < 4.78 is 0. The number of nitrogens with zero attached hydrogens (tertiary/aromatic N) is 2. The normalized spacial score (nSPS) is 11.4. The number of rotatable bonds is 5. The number of pyridine rings is 1. The smallest absolute Gasteiger partial charge is 0.0863 e. The average Bonchev–Trinajstić information content (AvgIpc) is 2.49. The third kappa shape index (κ3) is 3.44. The fourth-order valence-corrected chi connectivity index (χ4v) is 2.11. The maximum Gasteiger partial charge on any atom is 0.0863 e. The molecule has 0 aliphatic heterocycles. The number of hydrogen-bond donors (Lipinski definition) is 0. The van der Waals surface area contributed by atoms with Crippen molar-refractivity contribution in [1.82, 2.24) is 9.88 Å². The van der Waals surface area contributed by atoms with Crippen molar-refractivity contribution in [1.29, 1.82) is 0 Å². The molecule has 2 rings (SSSR count). The van der Waals surface area contributed by atoms with Crippen LogP contribution in [0.1, 0.15) is 25.1 Å². The standard InChI is InChI=1S/C17H20N2/c1-3-19(4-2)17(16-12-8-9-13-18-16)14-15-10-6-5-7-11-15/h5-14H,3-4H2,1-2H3. The van der Waals surface area contributed by atoms with E-state index in [0.717, 1.165) is 18.8 Å².